The van der Waals surface area contributed by atoms with Crippen LogP contribution in [0.1, 0.15) is 31.7 Å². The molecule has 20 heavy (non-hydrogen) atoms. The summed E-state index contributed by atoms with van der Waals surface area (Å²) < 4.78 is 0. The van der Waals surface area contributed by atoms with E-state index in [1.54, 1.807) is 6.07 Å². The lowest BCUT2D eigenvalue weighted by molar-refractivity contribution is -0.385. The molecule has 1 aliphatic rings. The SMILES string of the molecule is CC1(O)CCCN(c2ccc(C#N)c([N+](=O)[O-])c2)CC1. The summed E-state index contributed by atoms with van der Waals surface area (Å²) in [6.45, 7) is 3.22. The molecule has 6 nitrogen and oxygen atoms in total. The van der Waals surface area contributed by atoms with Crippen molar-refractivity contribution in [3.8, 4) is 6.07 Å². The fourth-order valence-corrected chi connectivity index (χ4v) is 2.48. The molecule has 1 aromatic carbocycles. The van der Waals surface area contributed by atoms with Gasteiger partial charge in [-0.3, -0.25) is 10.1 Å². The summed E-state index contributed by atoms with van der Waals surface area (Å²) in [5.74, 6) is 0. The van der Waals surface area contributed by atoms with Crippen molar-refractivity contribution in [2.45, 2.75) is 31.8 Å². The largest absolute Gasteiger partial charge is 0.390 e. The zero-order valence-corrected chi connectivity index (χ0v) is 11.4. The Morgan fingerprint density at radius 3 is 2.85 bits per heavy atom. The third-order valence-corrected chi connectivity index (χ3v) is 3.73. The van der Waals surface area contributed by atoms with Crippen molar-refractivity contribution in [1.29, 1.82) is 5.26 Å². The molecule has 106 valence electrons. The standard InChI is InChI=1S/C14H17N3O3/c1-14(18)5-2-7-16(8-6-14)12-4-3-11(10-15)13(9-12)17(19)20/h3-4,9,18H,2,5-8H2,1H3. The van der Waals surface area contributed by atoms with E-state index in [-0.39, 0.29) is 11.3 Å². The Morgan fingerprint density at radius 2 is 2.20 bits per heavy atom. The first-order valence-electron chi connectivity index (χ1n) is 6.59. The first-order chi connectivity index (χ1) is 9.43. The summed E-state index contributed by atoms with van der Waals surface area (Å²) in [5.41, 5.74) is -0.0391. The van der Waals surface area contributed by atoms with E-state index < -0.39 is 10.5 Å². The topological polar surface area (TPSA) is 90.4 Å². The fourth-order valence-electron chi connectivity index (χ4n) is 2.48. The molecule has 1 fully saturated rings. The summed E-state index contributed by atoms with van der Waals surface area (Å²) >= 11 is 0. The smallest absolute Gasteiger partial charge is 0.289 e. The zero-order chi connectivity index (χ0) is 14.8. The first kappa shape index (κ1) is 14.3. The van der Waals surface area contributed by atoms with Crippen molar-refractivity contribution in [2.24, 2.45) is 0 Å². The summed E-state index contributed by atoms with van der Waals surface area (Å²) in [6.07, 6.45) is 2.18. The second-order valence-corrected chi connectivity index (χ2v) is 5.41. The minimum atomic E-state index is -0.673. The van der Waals surface area contributed by atoms with Gasteiger partial charge in [0.2, 0.25) is 0 Å². The van der Waals surface area contributed by atoms with Crippen molar-refractivity contribution in [1.82, 2.24) is 0 Å². The Kier molecular flexibility index (Phi) is 3.91. The number of hydrogen-bond acceptors (Lipinski definition) is 5. The van der Waals surface area contributed by atoms with Gasteiger partial charge in [-0.2, -0.15) is 5.26 Å². The molecule has 1 unspecified atom stereocenters. The Bertz CT molecular complexity index is 563. The highest BCUT2D eigenvalue weighted by molar-refractivity contribution is 5.60. The van der Waals surface area contributed by atoms with Gasteiger partial charge in [0.05, 0.1) is 10.5 Å². The molecule has 0 amide bonds. The summed E-state index contributed by atoms with van der Waals surface area (Å²) in [5, 5.41) is 29.9. The molecule has 0 aliphatic carbocycles. The van der Waals surface area contributed by atoms with Crippen LogP contribution < -0.4 is 4.90 Å². The highest BCUT2D eigenvalue weighted by atomic mass is 16.6. The summed E-state index contributed by atoms with van der Waals surface area (Å²) in [6, 6.07) is 6.49. The van der Waals surface area contributed by atoms with Crippen LogP contribution in [0.3, 0.4) is 0 Å². The minimum Gasteiger partial charge on any atom is -0.390 e. The van der Waals surface area contributed by atoms with Crippen LogP contribution in [0.15, 0.2) is 18.2 Å². The van der Waals surface area contributed by atoms with Gasteiger partial charge in [0.25, 0.3) is 5.69 Å². The average molecular weight is 275 g/mol. The third-order valence-electron chi connectivity index (χ3n) is 3.73. The number of nitro benzene ring substituents is 1. The lowest BCUT2D eigenvalue weighted by Crippen LogP contribution is -2.28. The maximum atomic E-state index is 11.0. The van der Waals surface area contributed by atoms with Crippen LogP contribution >= 0.6 is 0 Å². The van der Waals surface area contributed by atoms with Crippen molar-refractivity contribution in [3.63, 3.8) is 0 Å². The maximum absolute atomic E-state index is 11.0. The van der Waals surface area contributed by atoms with Gasteiger partial charge in [-0.1, -0.05) is 0 Å². The molecule has 1 saturated heterocycles. The van der Waals surface area contributed by atoms with Crippen LogP contribution in [0.25, 0.3) is 0 Å². The second kappa shape index (κ2) is 5.47. The molecule has 1 aliphatic heterocycles. The molecule has 1 aromatic rings. The molecule has 0 spiro atoms. The van der Waals surface area contributed by atoms with E-state index in [1.807, 2.05) is 17.9 Å². The van der Waals surface area contributed by atoms with Gasteiger partial charge < -0.3 is 10.0 Å². The molecule has 1 atom stereocenters. The van der Waals surface area contributed by atoms with E-state index in [0.717, 1.165) is 25.1 Å². The van der Waals surface area contributed by atoms with Gasteiger partial charge in [-0.05, 0) is 38.3 Å². The molecular weight excluding hydrogens is 258 g/mol. The predicted octanol–water partition coefficient (Wildman–Crippen LogP) is 2.21. The normalized spacial score (nSPS) is 22.9. The van der Waals surface area contributed by atoms with Gasteiger partial charge in [0, 0.05) is 24.8 Å². The van der Waals surface area contributed by atoms with Crippen molar-refractivity contribution < 1.29 is 10.0 Å². The van der Waals surface area contributed by atoms with Gasteiger partial charge in [0.15, 0.2) is 0 Å². The quantitative estimate of drug-likeness (QED) is 0.660. The first-order valence-corrected chi connectivity index (χ1v) is 6.59. The van der Waals surface area contributed by atoms with E-state index >= 15 is 0 Å². The lowest BCUT2D eigenvalue weighted by Gasteiger charge is -2.24. The summed E-state index contributed by atoms with van der Waals surface area (Å²) in [7, 11) is 0. The minimum absolute atomic E-state index is 0.0700. The predicted molar refractivity (Wildman–Crippen MR) is 74.5 cm³/mol. The number of hydrogen-bond donors (Lipinski definition) is 1. The van der Waals surface area contributed by atoms with E-state index in [0.29, 0.717) is 13.0 Å². The van der Waals surface area contributed by atoms with Crippen molar-refractivity contribution in [3.05, 3.63) is 33.9 Å². The number of rotatable bonds is 2. The summed E-state index contributed by atoms with van der Waals surface area (Å²) in [4.78, 5) is 12.5. The maximum Gasteiger partial charge on any atom is 0.289 e. The molecule has 0 saturated carbocycles. The molecule has 1 N–H and O–H groups in total. The Labute approximate surface area is 117 Å². The molecule has 0 aromatic heterocycles. The Hall–Kier alpha value is -2.13. The van der Waals surface area contributed by atoms with Crippen LogP contribution in [0.5, 0.6) is 0 Å². The van der Waals surface area contributed by atoms with E-state index in [9.17, 15) is 15.2 Å². The van der Waals surface area contributed by atoms with E-state index in [1.165, 1.54) is 12.1 Å². The molecule has 2 rings (SSSR count). The number of anilines is 1. The van der Waals surface area contributed by atoms with E-state index in [4.69, 9.17) is 5.26 Å². The van der Waals surface area contributed by atoms with Gasteiger partial charge in [-0.15, -0.1) is 0 Å². The lowest BCUT2D eigenvalue weighted by atomic mass is 9.98. The Morgan fingerprint density at radius 1 is 1.45 bits per heavy atom. The van der Waals surface area contributed by atoms with Crippen molar-refractivity contribution >= 4 is 11.4 Å². The van der Waals surface area contributed by atoms with Crippen LogP contribution in [-0.4, -0.2) is 28.7 Å². The van der Waals surface area contributed by atoms with Crippen LogP contribution in [0.2, 0.25) is 0 Å². The van der Waals surface area contributed by atoms with Crippen LogP contribution in [0.4, 0.5) is 11.4 Å². The number of aliphatic hydroxyl groups is 1. The van der Waals surface area contributed by atoms with Crippen molar-refractivity contribution in [2.75, 3.05) is 18.0 Å². The molecule has 1 heterocycles. The number of nitrogens with zero attached hydrogens (tertiary/aromatic N) is 3. The Balaban J connectivity index is 2.27. The molecule has 6 heteroatoms. The number of nitro groups is 1. The molecular formula is C14H17N3O3. The van der Waals surface area contributed by atoms with Gasteiger partial charge in [-0.25, -0.2) is 0 Å². The zero-order valence-electron chi connectivity index (χ0n) is 11.4. The third kappa shape index (κ3) is 3.06. The second-order valence-electron chi connectivity index (χ2n) is 5.41. The van der Waals surface area contributed by atoms with E-state index in [2.05, 4.69) is 0 Å². The molecule has 0 bridgehead atoms. The fraction of sp³-hybridized carbons (Fsp3) is 0.500. The highest BCUT2D eigenvalue weighted by Crippen LogP contribution is 2.29. The number of benzene rings is 1. The molecule has 0 radical (unpaired) electrons. The highest BCUT2D eigenvalue weighted by Gasteiger charge is 2.26. The number of nitriles is 1. The van der Waals surface area contributed by atoms with Crippen LogP contribution in [0, 0.1) is 21.4 Å². The monoisotopic (exact) mass is 275 g/mol. The van der Waals surface area contributed by atoms with Gasteiger partial charge >= 0.3 is 0 Å². The van der Waals surface area contributed by atoms with Gasteiger partial charge in [0.1, 0.15) is 11.6 Å². The average Bonchev–Trinajstić information content (AvgIpc) is 2.59. The van der Waals surface area contributed by atoms with Crippen LogP contribution in [-0.2, 0) is 0 Å².